The second kappa shape index (κ2) is 6.64. The van der Waals surface area contributed by atoms with Gasteiger partial charge in [0.25, 0.3) is 0 Å². The van der Waals surface area contributed by atoms with Crippen molar-refractivity contribution in [1.82, 2.24) is 15.5 Å². The average Bonchev–Trinajstić information content (AvgIpc) is 3.17. The molecule has 2 rings (SSSR count). The summed E-state index contributed by atoms with van der Waals surface area (Å²) >= 11 is 0. The molecule has 3 N–H and O–H groups in total. The van der Waals surface area contributed by atoms with E-state index in [-0.39, 0.29) is 30.5 Å². The van der Waals surface area contributed by atoms with Gasteiger partial charge in [-0.1, -0.05) is 0 Å². The lowest BCUT2D eigenvalue weighted by atomic mass is 10.1. The minimum atomic E-state index is -0.904. The summed E-state index contributed by atoms with van der Waals surface area (Å²) in [6, 6.07) is -0.688. The second-order valence-corrected chi connectivity index (χ2v) is 5.56. The summed E-state index contributed by atoms with van der Waals surface area (Å²) in [6.45, 7) is 0.941. The van der Waals surface area contributed by atoms with Gasteiger partial charge in [0, 0.05) is 19.1 Å². The van der Waals surface area contributed by atoms with E-state index in [1.165, 1.54) is 7.11 Å². The first-order chi connectivity index (χ1) is 9.99. The van der Waals surface area contributed by atoms with Gasteiger partial charge in [0.2, 0.25) is 0 Å². The number of amides is 3. The number of ether oxygens (including phenoxy) is 1. The lowest BCUT2D eigenvalue weighted by molar-refractivity contribution is -0.137. The van der Waals surface area contributed by atoms with Crippen molar-refractivity contribution < 1.29 is 24.2 Å². The smallest absolute Gasteiger partial charge is 0.407 e. The molecule has 0 aromatic heterocycles. The van der Waals surface area contributed by atoms with Gasteiger partial charge in [-0.3, -0.25) is 4.79 Å². The van der Waals surface area contributed by atoms with Crippen LogP contribution in [0.1, 0.15) is 25.7 Å². The number of rotatable bonds is 5. The molecule has 0 aromatic rings. The molecular formula is C13H21N3O5. The monoisotopic (exact) mass is 299 g/mol. The molecule has 2 atom stereocenters. The van der Waals surface area contributed by atoms with Crippen LogP contribution < -0.4 is 10.6 Å². The van der Waals surface area contributed by atoms with E-state index in [0.717, 1.165) is 12.8 Å². The minimum Gasteiger partial charge on any atom is -0.481 e. The topological polar surface area (TPSA) is 108 Å². The summed E-state index contributed by atoms with van der Waals surface area (Å²) in [5, 5.41) is 14.3. The fourth-order valence-corrected chi connectivity index (χ4v) is 2.56. The van der Waals surface area contributed by atoms with Crippen LogP contribution in [0, 0.1) is 5.92 Å². The number of carboxylic acid groups (broad SMARTS) is 1. The maximum absolute atomic E-state index is 12.1. The van der Waals surface area contributed by atoms with Crippen molar-refractivity contribution in [1.29, 1.82) is 0 Å². The molecule has 8 nitrogen and oxygen atoms in total. The van der Waals surface area contributed by atoms with Crippen molar-refractivity contribution >= 4 is 18.1 Å². The first-order valence-corrected chi connectivity index (χ1v) is 7.11. The van der Waals surface area contributed by atoms with Crippen molar-refractivity contribution in [3.8, 4) is 0 Å². The number of likely N-dealkylation sites (tertiary alicyclic amines) is 1. The molecular weight excluding hydrogens is 278 g/mol. The van der Waals surface area contributed by atoms with Gasteiger partial charge in [0.1, 0.15) is 0 Å². The first-order valence-electron chi connectivity index (χ1n) is 7.11. The van der Waals surface area contributed by atoms with Gasteiger partial charge in [-0.2, -0.15) is 0 Å². The molecule has 0 spiro atoms. The molecule has 1 aliphatic heterocycles. The predicted molar refractivity (Wildman–Crippen MR) is 72.8 cm³/mol. The number of hydrogen-bond acceptors (Lipinski definition) is 4. The lowest BCUT2D eigenvalue weighted by Gasteiger charge is -2.22. The number of carboxylic acids is 1. The normalized spacial score (nSPS) is 22.5. The Hall–Kier alpha value is -1.99. The number of nitrogens with zero attached hydrogens (tertiary/aromatic N) is 1. The molecule has 1 saturated heterocycles. The summed E-state index contributed by atoms with van der Waals surface area (Å²) in [6.07, 6.45) is 2.03. The van der Waals surface area contributed by atoms with E-state index >= 15 is 0 Å². The molecule has 2 aliphatic rings. The van der Waals surface area contributed by atoms with E-state index < -0.39 is 12.1 Å². The van der Waals surface area contributed by atoms with Gasteiger partial charge >= 0.3 is 18.1 Å². The van der Waals surface area contributed by atoms with Crippen molar-refractivity contribution in [3.05, 3.63) is 0 Å². The number of nitrogens with one attached hydrogen (secondary N) is 2. The van der Waals surface area contributed by atoms with E-state index in [1.54, 1.807) is 4.90 Å². The van der Waals surface area contributed by atoms with Crippen LogP contribution in [0.4, 0.5) is 9.59 Å². The van der Waals surface area contributed by atoms with Gasteiger partial charge in [0.15, 0.2) is 0 Å². The summed E-state index contributed by atoms with van der Waals surface area (Å²) in [7, 11) is 1.29. The highest BCUT2D eigenvalue weighted by Gasteiger charge is 2.36. The molecule has 1 aliphatic carbocycles. The molecule has 0 aromatic carbocycles. The van der Waals surface area contributed by atoms with E-state index in [2.05, 4.69) is 15.4 Å². The Morgan fingerprint density at radius 3 is 2.62 bits per heavy atom. The average molecular weight is 299 g/mol. The van der Waals surface area contributed by atoms with Gasteiger partial charge in [-0.15, -0.1) is 0 Å². The van der Waals surface area contributed by atoms with Crippen molar-refractivity contribution in [3.63, 3.8) is 0 Å². The van der Waals surface area contributed by atoms with Crippen LogP contribution in [0.15, 0.2) is 0 Å². The zero-order valence-corrected chi connectivity index (χ0v) is 12.0. The summed E-state index contributed by atoms with van der Waals surface area (Å²) in [4.78, 5) is 35.7. The number of urea groups is 1. The largest absolute Gasteiger partial charge is 0.481 e. The molecule has 1 saturated carbocycles. The number of aliphatic carboxylic acids is 1. The number of carbonyl (C=O) groups excluding carboxylic acids is 2. The maximum atomic E-state index is 12.1. The second-order valence-electron chi connectivity index (χ2n) is 5.56. The SMILES string of the molecule is COC(=O)NC1CCN(C(=O)NC(CC(=O)O)C2CC2)C1. The van der Waals surface area contributed by atoms with E-state index in [1.807, 2.05) is 0 Å². The zero-order chi connectivity index (χ0) is 15.4. The van der Waals surface area contributed by atoms with Crippen LogP contribution in [0.5, 0.6) is 0 Å². The Kier molecular flexibility index (Phi) is 4.87. The third-order valence-electron chi connectivity index (χ3n) is 3.88. The van der Waals surface area contributed by atoms with Crippen molar-refractivity contribution in [2.75, 3.05) is 20.2 Å². The van der Waals surface area contributed by atoms with E-state index in [0.29, 0.717) is 19.5 Å². The molecule has 21 heavy (non-hydrogen) atoms. The standard InChI is InChI=1S/C13H21N3O5/c1-21-13(20)14-9-4-5-16(7-9)12(19)15-10(6-11(17)18)8-2-3-8/h8-10H,2-7H2,1H3,(H,14,20)(H,15,19)(H,17,18). The molecule has 2 unspecified atom stereocenters. The molecule has 0 radical (unpaired) electrons. The number of carbonyl (C=O) groups is 3. The van der Waals surface area contributed by atoms with Gasteiger partial charge in [-0.25, -0.2) is 9.59 Å². The first kappa shape index (κ1) is 15.4. The van der Waals surface area contributed by atoms with Crippen molar-refractivity contribution in [2.24, 2.45) is 5.92 Å². The third kappa shape index (κ3) is 4.51. The quantitative estimate of drug-likeness (QED) is 0.680. The fourth-order valence-electron chi connectivity index (χ4n) is 2.56. The molecule has 118 valence electrons. The van der Waals surface area contributed by atoms with Crippen LogP contribution in [-0.2, 0) is 9.53 Å². The molecule has 8 heteroatoms. The van der Waals surface area contributed by atoms with E-state index in [4.69, 9.17) is 5.11 Å². The number of alkyl carbamates (subject to hydrolysis) is 1. The van der Waals surface area contributed by atoms with Gasteiger partial charge in [-0.05, 0) is 25.2 Å². The molecule has 2 fully saturated rings. The highest BCUT2D eigenvalue weighted by Crippen LogP contribution is 2.34. The number of hydrogen-bond donors (Lipinski definition) is 3. The van der Waals surface area contributed by atoms with Crippen molar-refractivity contribution in [2.45, 2.75) is 37.8 Å². The Morgan fingerprint density at radius 2 is 2.05 bits per heavy atom. The maximum Gasteiger partial charge on any atom is 0.407 e. The number of methoxy groups -OCH3 is 1. The fraction of sp³-hybridized carbons (Fsp3) is 0.769. The zero-order valence-electron chi connectivity index (χ0n) is 12.0. The Labute approximate surface area is 122 Å². The summed E-state index contributed by atoms with van der Waals surface area (Å²) < 4.78 is 4.52. The Balaban J connectivity index is 1.80. The van der Waals surface area contributed by atoms with Crippen LogP contribution in [0.25, 0.3) is 0 Å². The molecule has 0 bridgehead atoms. The summed E-state index contributed by atoms with van der Waals surface area (Å²) in [5.74, 6) is -0.629. The van der Waals surface area contributed by atoms with Gasteiger partial charge < -0.3 is 25.4 Å². The Morgan fingerprint density at radius 1 is 1.33 bits per heavy atom. The molecule has 1 heterocycles. The lowest BCUT2D eigenvalue weighted by Crippen LogP contribution is -2.47. The summed E-state index contributed by atoms with van der Waals surface area (Å²) in [5.41, 5.74) is 0. The van der Waals surface area contributed by atoms with Crippen LogP contribution >= 0.6 is 0 Å². The van der Waals surface area contributed by atoms with E-state index in [9.17, 15) is 14.4 Å². The highest BCUT2D eigenvalue weighted by molar-refractivity contribution is 5.76. The Bertz CT molecular complexity index is 424. The van der Waals surface area contributed by atoms with Crippen LogP contribution in [0.2, 0.25) is 0 Å². The van der Waals surface area contributed by atoms with Crippen LogP contribution in [0.3, 0.4) is 0 Å². The predicted octanol–water partition coefficient (Wildman–Crippen LogP) is 0.380. The van der Waals surface area contributed by atoms with Gasteiger partial charge in [0.05, 0.1) is 19.6 Å². The molecule has 3 amide bonds. The third-order valence-corrected chi connectivity index (χ3v) is 3.88. The minimum absolute atomic E-state index is 0.0475. The van der Waals surface area contributed by atoms with Crippen LogP contribution in [-0.4, -0.2) is 60.4 Å². The highest BCUT2D eigenvalue weighted by atomic mass is 16.5.